The van der Waals surface area contributed by atoms with Crippen LogP contribution in [-0.2, 0) is 28.4 Å². The Bertz CT molecular complexity index is 1350. The van der Waals surface area contributed by atoms with Gasteiger partial charge in [-0.3, -0.25) is 9.80 Å². The smallest absolute Gasteiger partial charge is 0.416 e. The maximum Gasteiger partial charge on any atom is 0.416 e. The van der Waals surface area contributed by atoms with Crippen LogP contribution in [0.4, 0.5) is 49.1 Å². The number of alkyl halides is 9. The number of hydrogen-bond donors (Lipinski definition) is 0. The average Bonchev–Trinajstić information content (AvgIpc) is 2.87. The van der Waals surface area contributed by atoms with E-state index in [1.54, 1.807) is 13.8 Å². The van der Waals surface area contributed by atoms with Gasteiger partial charge >= 0.3 is 30.7 Å². The normalized spacial score (nSPS) is 19.7. The molecule has 1 unspecified atom stereocenters. The second kappa shape index (κ2) is 12.0. The SMILES string of the molecule is COC(=O)N(Cc1cc(C(F)(F)F)cc(C(F)(F)F)c1)C1=C2CC(C(F)(F)F)=CC=C2N(C(=O)OC(C)C)C(C2CCC2)C1. The minimum absolute atomic E-state index is 0.00396. The Morgan fingerprint density at radius 2 is 1.52 bits per heavy atom. The highest BCUT2D eigenvalue weighted by Crippen LogP contribution is 2.48. The summed E-state index contributed by atoms with van der Waals surface area (Å²) < 4.78 is 133. The fraction of sp³-hybridized carbons (Fsp3) is 0.517. The fourth-order valence-electron chi connectivity index (χ4n) is 5.52. The van der Waals surface area contributed by atoms with Gasteiger partial charge in [0.15, 0.2) is 0 Å². The molecular formula is C29H29F9N2O4. The van der Waals surface area contributed by atoms with Crippen LogP contribution in [0.3, 0.4) is 0 Å². The van der Waals surface area contributed by atoms with E-state index in [1.807, 2.05) is 0 Å². The van der Waals surface area contributed by atoms with Gasteiger partial charge in [-0.15, -0.1) is 0 Å². The van der Waals surface area contributed by atoms with E-state index >= 15 is 0 Å². The second-order valence-electron chi connectivity index (χ2n) is 11.1. The Kier molecular flexibility index (Phi) is 9.09. The molecule has 1 heterocycles. The van der Waals surface area contributed by atoms with Crippen LogP contribution in [0.1, 0.15) is 62.6 Å². The van der Waals surface area contributed by atoms with Crippen molar-refractivity contribution in [2.45, 2.75) is 83.2 Å². The summed E-state index contributed by atoms with van der Waals surface area (Å²) >= 11 is 0. The molecule has 0 N–H and O–H groups in total. The van der Waals surface area contributed by atoms with Crippen molar-refractivity contribution < 1.29 is 58.6 Å². The highest BCUT2D eigenvalue weighted by molar-refractivity contribution is 5.76. The van der Waals surface area contributed by atoms with Crippen LogP contribution in [0, 0.1) is 5.92 Å². The number of benzene rings is 1. The molecule has 1 aromatic rings. The van der Waals surface area contributed by atoms with Gasteiger partial charge in [-0.05, 0) is 62.4 Å². The van der Waals surface area contributed by atoms with E-state index in [0.29, 0.717) is 25.0 Å². The third-order valence-electron chi connectivity index (χ3n) is 7.76. The zero-order valence-electron chi connectivity index (χ0n) is 23.8. The van der Waals surface area contributed by atoms with Crippen molar-refractivity contribution in [2.24, 2.45) is 5.92 Å². The molecule has 0 saturated heterocycles. The number of carbonyl (C=O) groups is 2. The van der Waals surface area contributed by atoms with Crippen LogP contribution in [-0.4, -0.2) is 47.4 Å². The predicted octanol–water partition coefficient (Wildman–Crippen LogP) is 8.74. The molecule has 1 saturated carbocycles. The van der Waals surface area contributed by atoms with E-state index in [9.17, 15) is 49.1 Å². The number of carbonyl (C=O) groups excluding carboxylic acids is 2. The van der Waals surface area contributed by atoms with Crippen LogP contribution < -0.4 is 0 Å². The first kappa shape index (κ1) is 33.2. The first-order valence-corrected chi connectivity index (χ1v) is 13.6. The van der Waals surface area contributed by atoms with E-state index in [2.05, 4.69) is 0 Å². The van der Waals surface area contributed by atoms with Crippen LogP contribution in [0.25, 0.3) is 0 Å². The van der Waals surface area contributed by atoms with Gasteiger partial charge in [0, 0.05) is 35.7 Å². The van der Waals surface area contributed by atoms with Crippen molar-refractivity contribution in [1.82, 2.24) is 9.80 Å². The number of methoxy groups -OCH3 is 1. The lowest BCUT2D eigenvalue weighted by Gasteiger charge is -2.47. The highest BCUT2D eigenvalue weighted by atomic mass is 19.4. The molecule has 0 spiro atoms. The van der Waals surface area contributed by atoms with Crippen molar-refractivity contribution in [2.75, 3.05) is 7.11 Å². The molecule has 44 heavy (non-hydrogen) atoms. The van der Waals surface area contributed by atoms with Crippen molar-refractivity contribution in [3.63, 3.8) is 0 Å². The minimum atomic E-state index is -5.17. The van der Waals surface area contributed by atoms with Crippen LogP contribution in [0.5, 0.6) is 0 Å². The summed E-state index contributed by atoms with van der Waals surface area (Å²) in [6, 6.07) is 0.0865. The summed E-state index contributed by atoms with van der Waals surface area (Å²) in [6.45, 7) is 2.29. The topological polar surface area (TPSA) is 59.1 Å². The molecular weight excluding hydrogens is 611 g/mol. The number of hydrogen-bond acceptors (Lipinski definition) is 4. The maximum atomic E-state index is 13.9. The number of ether oxygens (including phenoxy) is 2. The van der Waals surface area contributed by atoms with Gasteiger partial charge in [-0.25, -0.2) is 9.59 Å². The standard InChI is InChI=1S/C29H29F9N2O4/c1-15(2)44-26(42)40-22-8-7-18(27(30,31)32)12-21(22)24(13-23(40)17-5-4-6-17)39(25(41)43-3)14-16-9-19(28(33,34)35)11-20(10-16)29(36,37)38/h7-11,15,17,23H,4-6,12-14H2,1-3H3. The Hall–Kier alpha value is -3.65. The van der Waals surface area contributed by atoms with E-state index < -0.39 is 78.1 Å². The molecule has 2 aliphatic carbocycles. The van der Waals surface area contributed by atoms with Gasteiger partial charge in [0.25, 0.3) is 0 Å². The summed E-state index contributed by atoms with van der Waals surface area (Å²) in [6.07, 6.45) is -14.9. The van der Waals surface area contributed by atoms with E-state index in [4.69, 9.17) is 9.47 Å². The fourth-order valence-corrected chi connectivity index (χ4v) is 5.52. The molecule has 6 nitrogen and oxygen atoms in total. The number of halogens is 9. The molecule has 2 amide bonds. The summed E-state index contributed by atoms with van der Waals surface area (Å²) in [5.41, 5.74) is -5.11. The Morgan fingerprint density at radius 3 is 1.98 bits per heavy atom. The van der Waals surface area contributed by atoms with Gasteiger partial charge < -0.3 is 9.47 Å². The lowest BCUT2D eigenvalue weighted by atomic mass is 9.74. The zero-order valence-corrected chi connectivity index (χ0v) is 23.8. The van der Waals surface area contributed by atoms with Gasteiger partial charge in [-0.2, -0.15) is 39.5 Å². The van der Waals surface area contributed by atoms with Crippen molar-refractivity contribution in [3.8, 4) is 0 Å². The van der Waals surface area contributed by atoms with Crippen LogP contribution in [0.15, 0.2) is 52.9 Å². The highest BCUT2D eigenvalue weighted by Gasteiger charge is 2.47. The predicted molar refractivity (Wildman–Crippen MR) is 137 cm³/mol. The quantitative estimate of drug-likeness (QED) is 0.302. The summed E-state index contributed by atoms with van der Waals surface area (Å²) in [4.78, 5) is 28.4. The molecule has 1 aliphatic heterocycles. The summed E-state index contributed by atoms with van der Waals surface area (Å²) in [5.74, 6) is -0.162. The third-order valence-corrected chi connectivity index (χ3v) is 7.76. The van der Waals surface area contributed by atoms with Crippen molar-refractivity contribution >= 4 is 12.2 Å². The van der Waals surface area contributed by atoms with E-state index in [-0.39, 0.29) is 35.4 Å². The van der Waals surface area contributed by atoms with Crippen LogP contribution >= 0.6 is 0 Å². The number of fused-ring (bicyclic) bond motifs is 1. The van der Waals surface area contributed by atoms with E-state index in [0.717, 1.165) is 30.6 Å². The van der Waals surface area contributed by atoms with Gasteiger partial charge in [0.1, 0.15) is 0 Å². The zero-order chi connectivity index (χ0) is 32.8. The minimum Gasteiger partial charge on any atom is -0.452 e. The second-order valence-corrected chi connectivity index (χ2v) is 11.1. The molecule has 0 aromatic heterocycles. The molecule has 242 valence electrons. The van der Waals surface area contributed by atoms with Crippen molar-refractivity contribution in [1.29, 1.82) is 0 Å². The third kappa shape index (κ3) is 7.01. The lowest BCUT2D eigenvalue weighted by molar-refractivity contribution is -0.143. The largest absolute Gasteiger partial charge is 0.452 e. The molecule has 1 fully saturated rings. The molecule has 3 aliphatic rings. The molecule has 4 rings (SSSR count). The molecule has 0 radical (unpaired) electrons. The first-order chi connectivity index (χ1) is 20.3. The lowest BCUT2D eigenvalue weighted by Crippen LogP contribution is -2.51. The summed E-state index contributed by atoms with van der Waals surface area (Å²) in [7, 11) is 0.922. The number of rotatable bonds is 5. The Labute approximate surface area is 246 Å². The number of nitrogens with zero attached hydrogens (tertiary/aromatic N) is 2. The van der Waals surface area contributed by atoms with Crippen molar-refractivity contribution in [3.05, 3.63) is 69.6 Å². The Morgan fingerprint density at radius 1 is 0.932 bits per heavy atom. The first-order valence-electron chi connectivity index (χ1n) is 13.6. The van der Waals surface area contributed by atoms with Gasteiger partial charge in [0.2, 0.25) is 0 Å². The molecule has 0 bridgehead atoms. The van der Waals surface area contributed by atoms with Gasteiger partial charge in [0.05, 0.1) is 36.6 Å². The van der Waals surface area contributed by atoms with E-state index in [1.165, 1.54) is 4.90 Å². The average molecular weight is 641 g/mol. The monoisotopic (exact) mass is 640 g/mol. The molecule has 1 aromatic carbocycles. The summed E-state index contributed by atoms with van der Waals surface area (Å²) in [5, 5.41) is 0. The maximum absolute atomic E-state index is 13.9. The Balaban J connectivity index is 1.91. The van der Waals surface area contributed by atoms with Gasteiger partial charge in [-0.1, -0.05) is 12.5 Å². The number of amides is 2. The molecule has 15 heteroatoms. The van der Waals surface area contributed by atoms with Crippen LogP contribution in [0.2, 0.25) is 0 Å². The number of allylic oxidation sites excluding steroid dienone is 4. The molecule has 1 atom stereocenters.